The molecule has 3 rings (SSSR count). The van der Waals surface area contributed by atoms with Gasteiger partial charge in [0.2, 0.25) is 5.91 Å². The lowest BCUT2D eigenvalue weighted by Gasteiger charge is -2.08. The maximum absolute atomic E-state index is 13.3. The molecule has 2 aromatic carbocycles. The Labute approximate surface area is 164 Å². The molecule has 0 fully saturated rings. The van der Waals surface area contributed by atoms with E-state index in [-0.39, 0.29) is 23.7 Å². The summed E-state index contributed by atoms with van der Waals surface area (Å²) in [6, 6.07) is 8.38. The fraction of sp³-hybridized carbons (Fsp3) is 0.158. The SMILES string of the molecule is Cc1ccc(NC(=O)Cn2nnc(C(=O)Nc3ccc(F)c(F)c3)c2N)cc1C. The predicted molar refractivity (Wildman–Crippen MR) is 103 cm³/mol. The molecule has 3 aromatic rings. The van der Waals surface area contributed by atoms with E-state index in [0.717, 1.165) is 27.9 Å². The molecule has 0 aliphatic rings. The number of aromatic nitrogens is 3. The minimum absolute atomic E-state index is 0.0235. The lowest BCUT2D eigenvalue weighted by molar-refractivity contribution is -0.116. The van der Waals surface area contributed by atoms with Gasteiger partial charge in [-0.3, -0.25) is 9.59 Å². The smallest absolute Gasteiger partial charge is 0.280 e. The summed E-state index contributed by atoms with van der Waals surface area (Å²) in [5.74, 6) is -3.46. The van der Waals surface area contributed by atoms with Gasteiger partial charge in [-0.2, -0.15) is 0 Å². The Bertz CT molecular complexity index is 1100. The number of anilines is 3. The van der Waals surface area contributed by atoms with E-state index in [1.807, 2.05) is 26.0 Å². The lowest BCUT2D eigenvalue weighted by atomic mass is 10.1. The number of benzene rings is 2. The van der Waals surface area contributed by atoms with Crippen molar-refractivity contribution in [1.29, 1.82) is 0 Å². The second kappa shape index (κ2) is 8.05. The molecule has 8 nitrogen and oxygen atoms in total. The fourth-order valence-corrected chi connectivity index (χ4v) is 2.52. The number of halogens is 2. The normalized spacial score (nSPS) is 10.6. The molecular formula is C19H18F2N6O2. The van der Waals surface area contributed by atoms with Crippen molar-refractivity contribution in [3.8, 4) is 0 Å². The Morgan fingerprint density at radius 1 is 1.00 bits per heavy atom. The number of carbonyl (C=O) groups is 2. The van der Waals surface area contributed by atoms with Crippen molar-refractivity contribution < 1.29 is 18.4 Å². The largest absolute Gasteiger partial charge is 0.382 e. The molecule has 0 radical (unpaired) electrons. The minimum atomic E-state index is -1.11. The molecule has 1 aromatic heterocycles. The van der Waals surface area contributed by atoms with Crippen LogP contribution in [-0.4, -0.2) is 26.8 Å². The molecule has 0 saturated carbocycles. The average molecular weight is 400 g/mol. The third-order valence-corrected chi connectivity index (χ3v) is 4.25. The standard InChI is InChI=1S/C19H18F2N6O2/c1-10-3-4-12(7-11(10)2)23-16(28)9-27-18(22)17(25-26-27)19(29)24-13-5-6-14(20)15(21)8-13/h3-8H,9,22H2,1-2H3,(H,23,28)(H,24,29). The summed E-state index contributed by atoms with van der Waals surface area (Å²) in [4.78, 5) is 24.5. The fourth-order valence-electron chi connectivity index (χ4n) is 2.52. The highest BCUT2D eigenvalue weighted by Crippen LogP contribution is 2.17. The molecule has 2 amide bonds. The number of aryl methyl sites for hydroxylation is 2. The summed E-state index contributed by atoms with van der Waals surface area (Å²) < 4.78 is 27.3. The van der Waals surface area contributed by atoms with Gasteiger partial charge in [0.15, 0.2) is 23.1 Å². The number of nitrogens with two attached hydrogens (primary N) is 1. The predicted octanol–water partition coefficient (Wildman–Crippen LogP) is 2.65. The summed E-state index contributed by atoms with van der Waals surface area (Å²) in [5.41, 5.74) is 8.39. The molecule has 0 spiro atoms. The van der Waals surface area contributed by atoms with E-state index in [9.17, 15) is 18.4 Å². The third kappa shape index (κ3) is 4.54. The summed E-state index contributed by atoms with van der Waals surface area (Å²) in [6.45, 7) is 3.63. The number of hydrogen-bond acceptors (Lipinski definition) is 5. The maximum Gasteiger partial charge on any atom is 0.280 e. The molecule has 0 aliphatic carbocycles. The number of hydrogen-bond donors (Lipinski definition) is 3. The van der Waals surface area contributed by atoms with Crippen molar-refractivity contribution in [2.24, 2.45) is 0 Å². The van der Waals surface area contributed by atoms with E-state index in [0.29, 0.717) is 5.69 Å². The molecule has 10 heteroatoms. The van der Waals surface area contributed by atoms with Crippen molar-refractivity contribution in [2.75, 3.05) is 16.4 Å². The van der Waals surface area contributed by atoms with E-state index < -0.39 is 23.4 Å². The number of nitrogens with zero attached hydrogens (tertiary/aromatic N) is 3. The number of nitrogen functional groups attached to an aromatic ring is 1. The first-order valence-electron chi connectivity index (χ1n) is 8.57. The molecule has 29 heavy (non-hydrogen) atoms. The first-order valence-corrected chi connectivity index (χ1v) is 8.57. The van der Waals surface area contributed by atoms with Crippen molar-refractivity contribution in [1.82, 2.24) is 15.0 Å². The summed E-state index contributed by atoms with van der Waals surface area (Å²) in [7, 11) is 0. The zero-order valence-electron chi connectivity index (χ0n) is 15.7. The van der Waals surface area contributed by atoms with Crippen LogP contribution in [0.15, 0.2) is 36.4 Å². The topological polar surface area (TPSA) is 115 Å². The van der Waals surface area contributed by atoms with Crippen molar-refractivity contribution in [3.63, 3.8) is 0 Å². The summed E-state index contributed by atoms with van der Waals surface area (Å²) >= 11 is 0. The minimum Gasteiger partial charge on any atom is -0.382 e. The number of rotatable bonds is 5. The van der Waals surface area contributed by atoms with Crippen LogP contribution < -0.4 is 16.4 Å². The molecule has 1 heterocycles. The number of nitrogens with one attached hydrogen (secondary N) is 2. The van der Waals surface area contributed by atoms with Gasteiger partial charge < -0.3 is 16.4 Å². The quantitative estimate of drug-likeness (QED) is 0.609. The number of amides is 2. The molecule has 4 N–H and O–H groups in total. The third-order valence-electron chi connectivity index (χ3n) is 4.25. The van der Waals surface area contributed by atoms with Crippen molar-refractivity contribution in [3.05, 3.63) is 64.9 Å². The first kappa shape index (κ1) is 19.9. The van der Waals surface area contributed by atoms with E-state index in [1.165, 1.54) is 6.07 Å². The highest BCUT2D eigenvalue weighted by Gasteiger charge is 2.19. The Morgan fingerprint density at radius 2 is 1.69 bits per heavy atom. The van der Waals surface area contributed by atoms with Gasteiger partial charge in [-0.25, -0.2) is 13.5 Å². The van der Waals surface area contributed by atoms with Crippen LogP contribution in [0, 0.1) is 25.5 Å². The highest BCUT2D eigenvalue weighted by atomic mass is 19.2. The molecule has 0 bridgehead atoms. The van der Waals surface area contributed by atoms with Gasteiger partial charge >= 0.3 is 0 Å². The van der Waals surface area contributed by atoms with Crippen LogP contribution in [-0.2, 0) is 11.3 Å². The monoisotopic (exact) mass is 400 g/mol. The average Bonchev–Trinajstić information content (AvgIpc) is 3.02. The van der Waals surface area contributed by atoms with Gasteiger partial charge in [-0.15, -0.1) is 5.10 Å². The van der Waals surface area contributed by atoms with Crippen LogP contribution in [0.5, 0.6) is 0 Å². The zero-order valence-corrected chi connectivity index (χ0v) is 15.7. The Balaban J connectivity index is 1.67. The summed E-state index contributed by atoms with van der Waals surface area (Å²) in [6.07, 6.45) is 0. The van der Waals surface area contributed by atoms with Gasteiger partial charge in [-0.1, -0.05) is 11.3 Å². The van der Waals surface area contributed by atoms with Crippen LogP contribution in [0.25, 0.3) is 0 Å². The Kier molecular flexibility index (Phi) is 5.53. The second-order valence-corrected chi connectivity index (χ2v) is 6.41. The van der Waals surface area contributed by atoms with Gasteiger partial charge in [-0.05, 0) is 49.2 Å². The van der Waals surface area contributed by atoms with Crippen molar-refractivity contribution >= 4 is 29.0 Å². The molecule has 0 aliphatic heterocycles. The Morgan fingerprint density at radius 3 is 2.38 bits per heavy atom. The van der Waals surface area contributed by atoms with Crippen molar-refractivity contribution in [2.45, 2.75) is 20.4 Å². The molecule has 0 saturated heterocycles. The van der Waals surface area contributed by atoms with Crippen LogP contribution >= 0.6 is 0 Å². The molecular weight excluding hydrogens is 382 g/mol. The van der Waals surface area contributed by atoms with Crippen LogP contribution in [0.1, 0.15) is 21.6 Å². The van der Waals surface area contributed by atoms with Gasteiger partial charge in [0.1, 0.15) is 6.54 Å². The van der Waals surface area contributed by atoms with E-state index in [2.05, 4.69) is 20.9 Å². The molecule has 0 atom stereocenters. The van der Waals surface area contributed by atoms with E-state index in [1.54, 1.807) is 6.07 Å². The number of carbonyl (C=O) groups excluding carboxylic acids is 2. The van der Waals surface area contributed by atoms with Gasteiger partial charge in [0, 0.05) is 17.4 Å². The second-order valence-electron chi connectivity index (χ2n) is 6.41. The lowest BCUT2D eigenvalue weighted by Crippen LogP contribution is -2.21. The Hall–Kier alpha value is -3.82. The zero-order chi connectivity index (χ0) is 21.1. The van der Waals surface area contributed by atoms with Crippen LogP contribution in [0.2, 0.25) is 0 Å². The van der Waals surface area contributed by atoms with Crippen LogP contribution in [0.3, 0.4) is 0 Å². The van der Waals surface area contributed by atoms with E-state index >= 15 is 0 Å². The van der Waals surface area contributed by atoms with E-state index in [4.69, 9.17) is 5.73 Å². The van der Waals surface area contributed by atoms with Gasteiger partial charge in [0.05, 0.1) is 0 Å². The van der Waals surface area contributed by atoms with Crippen LogP contribution in [0.4, 0.5) is 26.0 Å². The molecule has 0 unspecified atom stereocenters. The first-order chi connectivity index (χ1) is 13.7. The van der Waals surface area contributed by atoms with Gasteiger partial charge in [0.25, 0.3) is 5.91 Å². The summed E-state index contributed by atoms with van der Waals surface area (Å²) in [5, 5.41) is 12.4. The highest BCUT2D eigenvalue weighted by molar-refractivity contribution is 6.05. The molecule has 150 valence electrons. The maximum atomic E-state index is 13.3.